The highest BCUT2D eigenvalue weighted by Gasteiger charge is 2.18. The number of nitro groups is 1. The average Bonchev–Trinajstić information content (AvgIpc) is 2.34. The molecule has 19 heavy (non-hydrogen) atoms. The molecular weight excluding hydrogens is 248 g/mol. The smallest absolute Gasteiger partial charge is 0.269 e. The topological polar surface area (TPSA) is 92.5 Å². The molecule has 0 aliphatic carbocycles. The minimum Gasteiger partial charge on any atom is -0.394 e. The van der Waals surface area contributed by atoms with Gasteiger partial charge in [0.05, 0.1) is 17.6 Å². The highest BCUT2D eigenvalue weighted by Crippen LogP contribution is 2.17. The molecule has 6 nitrogen and oxygen atoms in total. The molecule has 0 aliphatic heterocycles. The third-order valence-electron chi connectivity index (χ3n) is 2.98. The minimum atomic E-state index is -0.501. The van der Waals surface area contributed by atoms with Gasteiger partial charge in [0.15, 0.2) is 0 Å². The van der Waals surface area contributed by atoms with Crippen molar-refractivity contribution in [3.05, 3.63) is 39.4 Å². The predicted molar refractivity (Wildman–Crippen MR) is 71.0 cm³/mol. The Bertz CT molecular complexity index is 486. The maximum Gasteiger partial charge on any atom is 0.269 e. The quantitative estimate of drug-likeness (QED) is 0.626. The first-order valence-electron chi connectivity index (χ1n) is 6.03. The lowest BCUT2D eigenvalue weighted by molar-refractivity contribution is -0.384. The van der Waals surface area contributed by atoms with E-state index < -0.39 is 4.92 Å². The van der Waals surface area contributed by atoms with Crippen molar-refractivity contribution in [2.24, 2.45) is 5.92 Å². The summed E-state index contributed by atoms with van der Waals surface area (Å²) in [6, 6.07) is 3.75. The number of aliphatic hydroxyl groups is 1. The molecule has 6 heteroatoms. The number of aryl methyl sites for hydroxylation is 1. The summed E-state index contributed by atoms with van der Waals surface area (Å²) in [5, 5.41) is 22.5. The summed E-state index contributed by atoms with van der Waals surface area (Å²) >= 11 is 0. The second-order valence-corrected chi connectivity index (χ2v) is 4.76. The fraction of sp³-hybridized carbons (Fsp3) is 0.462. The monoisotopic (exact) mass is 266 g/mol. The number of hydrogen-bond acceptors (Lipinski definition) is 4. The second-order valence-electron chi connectivity index (χ2n) is 4.76. The van der Waals surface area contributed by atoms with Crippen molar-refractivity contribution in [3.8, 4) is 0 Å². The Hall–Kier alpha value is -1.95. The Morgan fingerprint density at radius 2 is 2.11 bits per heavy atom. The van der Waals surface area contributed by atoms with Crippen molar-refractivity contribution >= 4 is 11.6 Å². The van der Waals surface area contributed by atoms with E-state index in [1.165, 1.54) is 18.2 Å². The Morgan fingerprint density at radius 3 is 2.53 bits per heavy atom. The van der Waals surface area contributed by atoms with Crippen molar-refractivity contribution in [1.29, 1.82) is 0 Å². The first-order valence-corrected chi connectivity index (χ1v) is 6.03. The third-order valence-corrected chi connectivity index (χ3v) is 2.98. The molecule has 1 atom stereocenters. The first kappa shape index (κ1) is 15.1. The number of amides is 1. The number of benzene rings is 1. The van der Waals surface area contributed by atoms with E-state index in [2.05, 4.69) is 5.32 Å². The van der Waals surface area contributed by atoms with E-state index in [1.54, 1.807) is 6.92 Å². The molecule has 0 unspecified atom stereocenters. The maximum atomic E-state index is 12.0. The zero-order chi connectivity index (χ0) is 14.6. The van der Waals surface area contributed by atoms with Crippen LogP contribution in [0.5, 0.6) is 0 Å². The molecule has 1 aromatic carbocycles. The van der Waals surface area contributed by atoms with Crippen molar-refractivity contribution in [2.75, 3.05) is 6.61 Å². The number of hydrogen-bond donors (Lipinski definition) is 2. The molecule has 0 saturated heterocycles. The lowest BCUT2D eigenvalue weighted by atomic mass is 10.0. The molecule has 2 N–H and O–H groups in total. The molecular formula is C13H18N2O4. The van der Waals surface area contributed by atoms with E-state index in [0.717, 1.165) is 0 Å². The molecule has 1 rings (SSSR count). The van der Waals surface area contributed by atoms with E-state index >= 15 is 0 Å². The zero-order valence-corrected chi connectivity index (χ0v) is 11.2. The van der Waals surface area contributed by atoms with Crippen LogP contribution in [0.3, 0.4) is 0 Å². The molecule has 0 saturated carbocycles. The predicted octanol–water partition coefficient (Wildman–Crippen LogP) is 1.65. The van der Waals surface area contributed by atoms with Crippen LogP contribution in [-0.2, 0) is 0 Å². The van der Waals surface area contributed by atoms with Crippen molar-refractivity contribution in [1.82, 2.24) is 5.32 Å². The van der Waals surface area contributed by atoms with E-state index in [4.69, 9.17) is 0 Å². The Kier molecular flexibility index (Phi) is 5.00. The Balaban J connectivity index is 2.91. The lowest BCUT2D eigenvalue weighted by Gasteiger charge is -2.20. The Labute approximate surface area is 111 Å². The van der Waals surface area contributed by atoms with Gasteiger partial charge in [-0.25, -0.2) is 0 Å². The van der Waals surface area contributed by atoms with E-state index in [1.807, 2.05) is 13.8 Å². The van der Waals surface area contributed by atoms with Crippen LogP contribution < -0.4 is 5.32 Å². The normalized spacial score (nSPS) is 12.3. The number of carbonyl (C=O) groups is 1. The minimum absolute atomic E-state index is 0.0448. The standard InChI is InChI=1S/C13H18N2O4/c1-8(2)12(7-16)14-13(17)11-5-4-10(15(18)19)6-9(11)3/h4-6,8,12,16H,7H2,1-3H3,(H,14,17)/t12-/m1/s1. The summed E-state index contributed by atoms with van der Waals surface area (Å²) in [6.45, 7) is 5.29. The Morgan fingerprint density at radius 1 is 1.47 bits per heavy atom. The van der Waals surface area contributed by atoms with Crippen LogP contribution in [0.25, 0.3) is 0 Å². The molecule has 0 fully saturated rings. The van der Waals surface area contributed by atoms with Gasteiger partial charge < -0.3 is 10.4 Å². The largest absolute Gasteiger partial charge is 0.394 e. The number of rotatable bonds is 5. The first-order chi connectivity index (χ1) is 8.86. The molecule has 0 bridgehead atoms. The molecule has 1 aromatic rings. The highest BCUT2D eigenvalue weighted by molar-refractivity contribution is 5.96. The summed E-state index contributed by atoms with van der Waals surface area (Å²) in [7, 11) is 0. The molecule has 0 radical (unpaired) electrons. The van der Waals surface area contributed by atoms with Crippen LogP contribution in [0.15, 0.2) is 18.2 Å². The van der Waals surface area contributed by atoms with E-state index in [-0.39, 0.29) is 30.2 Å². The molecule has 0 heterocycles. The van der Waals surface area contributed by atoms with Crippen LogP contribution in [0.2, 0.25) is 0 Å². The molecule has 0 spiro atoms. The third kappa shape index (κ3) is 3.75. The van der Waals surface area contributed by atoms with Gasteiger partial charge in [0.25, 0.3) is 11.6 Å². The molecule has 0 aromatic heterocycles. The number of nitrogens with one attached hydrogen (secondary N) is 1. The van der Waals surface area contributed by atoms with Gasteiger partial charge in [0.2, 0.25) is 0 Å². The van der Waals surface area contributed by atoms with Gasteiger partial charge in [-0.1, -0.05) is 13.8 Å². The summed E-state index contributed by atoms with van der Waals surface area (Å²) < 4.78 is 0. The molecule has 1 amide bonds. The average molecular weight is 266 g/mol. The van der Waals surface area contributed by atoms with Gasteiger partial charge in [-0.2, -0.15) is 0 Å². The summed E-state index contributed by atoms with van der Waals surface area (Å²) in [5.74, 6) is -0.229. The van der Waals surface area contributed by atoms with Crippen molar-refractivity contribution in [3.63, 3.8) is 0 Å². The van der Waals surface area contributed by atoms with Crippen LogP contribution in [0, 0.1) is 23.0 Å². The number of nitro benzene ring substituents is 1. The fourth-order valence-corrected chi connectivity index (χ4v) is 1.69. The van der Waals surface area contributed by atoms with Crippen LogP contribution in [0.1, 0.15) is 29.8 Å². The summed E-state index contributed by atoms with van der Waals surface area (Å²) in [4.78, 5) is 22.1. The van der Waals surface area contributed by atoms with Gasteiger partial charge in [0.1, 0.15) is 0 Å². The molecule has 104 valence electrons. The van der Waals surface area contributed by atoms with Gasteiger partial charge in [0, 0.05) is 17.7 Å². The van der Waals surface area contributed by atoms with Crippen LogP contribution >= 0.6 is 0 Å². The number of nitrogens with zero attached hydrogens (tertiary/aromatic N) is 1. The van der Waals surface area contributed by atoms with E-state index in [0.29, 0.717) is 11.1 Å². The van der Waals surface area contributed by atoms with Gasteiger partial charge in [-0.05, 0) is 24.5 Å². The van der Waals surface area contributed by atoms with Crippen molar-refractivity contribution < 1.29 is 14.8 Å². The SMILES string of the molecule is Cc1cc([N+](=O)[O-])ccc1C(=O)N[C@H](CO)C(C)C. The van der Waals surface area contributed by atoms with E-state index in [9.17, 15) is 20.0 Å². The lowest BCUT2D eigenvalue weighted by Crippen LogP contribution is -2.41. The van der Waals surface area contributed by atoms with Gasteiger partial charge >= 0.3 is 0 Å². The second kappa shape index (κ2) is 6.29. The van der Waals surface area contributed by atoms with Crippen molar-refractivity contribution in [2.45, 2.75) is 26.8 Å². The zero-order valence-electron chi connectivity index (χ0n) is 11.2. The van der Waals surface area contributed by atoms with Gasteiger partial charge in [-0.3, -0.25) is 14.9 Å². The van der Waals surface area contributed by atoms with Crippen LogP contribution in [-0.4, -0.2) is 28.6 Å². The molecule has 0 aliphatic rings. The fourth-order valence-electron chi connectivity index (χ4n) is 1.69. The summed E-state index contributed by atoms with van der Waals surface area (Å²) in [5.41, 5.74) is 0.869. The maximum absolute atomic E-state index is 12.0. The number of non-ortho nitro benzene ring substituents is 1. The highest BCUT2D eigenvalue weighted by atomic mass is 16.6. The van der Waals surface area contributed by atoms with Crippen LogP contribution in [0.4, 0.5) is 5.69 Å². The number of carbonyl (C=O) groups excluding carboxylic acids is 1. The summed E-state index contributed by atoms with van der Waals surface area (Å²) in [6.07, 6.45) is 0. The number of aliphatic hydroxyl groups excluding tert-OH is 1. The van der Waals surface area contributed by atoms with Gasteiger partial charge in [-0.15, -0.1) is 0 Å².